The molecule has 1 atom stereocenters. The van der Waals surface area contributed by atoms with Crippen LogP contribution < -0.4 is 4.74 Å². The molecule has 1 aliphatic rings. The van der Waals surface area contributed by atoms with Crippen LogP contribution in [-0.2, 0) is 0 Å². The Labute approximate surface area is 186 Å². The Hall–Kier alpha value is -2.82. The van der Waals surface area contributed by atoms with Crippen molar-refractivity contribution in [1.29, 1.82) is 0 Å². The molecule has 2 amide bonds. The average Bonchev–Trinajstić information content (AvgIpc) is 2.76. The number of nitrogens with zero attached hydrogens (tertiary/aromatic N) is 2. The monoisotopic (exact) mass is 422 g/mol. The third kappa shape index (κ3) is 5.46. The summed E-state index contributed by atoms with van der Waals surface area (Å²) in [7, 11) is 0. The highest BCUT2D eigenvalue weighted by molar-refractivity contribution is 5.97. The van der Waals surface area contributed by atoms with E-state index >= 15 is 0 Å². The number of benzene rings is 2. The van der Waals surface area contributed by atoms with E-state index in [1.54, 1.807) is 0 Å². The summed E-state index contributed by atoms with van der Waals surface area (Å²) in [6.45, 7) is 10.6. The summed E-state index contributed by atoms with van der Waals surface area (Å²) in [5.41, 5.74) is 2.42. The lowest BCUT2D eigenvalue weighted by atomic mass is 10.0. The number of para-hydroxylation sites is 1. The minimum Gasteiger partial charge on any atom is -0.491 e. The summed E-state index contributed by atoms with van der Waals surface area (Å²) in [4.78, 5) is 30.4. The van der Waals surface area contributed by atoms with Crippen LogP contribution in [0.15, 0.2) is 48.5 Å². The summed E-state index contributed by atoms with van der Waals surface area (Å²) in [6, 6.07) is 15.1. The molecule has 31 heavy (non-hydrogen) atoms. The van der Waals surface area contributed by atoms with Crippen LogP contribution in [0, 0.1) is 12.8 Å². The maximum atomic E-state index is 13.5. The van der Waals surface area contributed by atoms with Crippen LogP contribution in [0.2, 0.25) is 0 Å². The molecule has 0 bridgehead atoms. The number of ether oxygens (including phenoxy) is 1. The van der Waals surface area contributed by atoms with E-state index in [-0.39, 0.29) is 23.8 Å². The van der Waals surface area contributed by atoms with Gasteiger partial charge in [-0.15, -0.1) is 0 Å². The van der Waals surface area contributed by atoms with Crippen LogP contribution >= 0.6 is 0 Å². The maximum Gasteiger partial charge on any atom is 0.257 e. The Morgan fingerprint density at radius 3 is 2.42 bits per heavy atom. The zero-order valence-electron chi connectivity index (χ0n) is 19.1. The number of hydrogen-bond donors (Lipinski definition) is 0. The first-order chi connectivity index (χ1) is 14.9. The zero-order valence-corrected chi connectivity index (χ0v) is 19.1. The van der Waals surface area contributed by atoms with Gasteiger partial charge in [-0.2, -0.15) is 0 Å². The first-order valence-electron chi connectivity index (χ1n) is 11.3. The highest BCUT2D eigenvalue weighted by Gasteiger charge is 2.29. The lowest BCUT2D eigenvalue weighted by Gasteiger charge is -2.35. The molecule has 0 N–H and O–H groups in total. The summed E-state index contributed by atoms with van der Waals surface area (Å²) >= 11 is 0. The van der Waals surface area contributed by atoms with Gasteiger partial charge < -0.3 is 14.5 Å². The predicted octanol–water partition coefficient (Wildman–Crippen LogP) is 4.80. The molecule has 1 heterocycles. The van der Waals surface area contributed by atoms with Gasteiger partial charge in [0.2, 0.25) is 0 Å². The van der Waals surface area contributed by atoms with Crippen molar-refractivity contribution < 1.29 is 14.3 Å². The first-order valence-corrected chi connectivity index (χ1v) is 11.3. The van der Waals surface area contributed by atoms with Gasteiger partial charge in [-0.3, -0.25) is 9.59 Å². The fourth-order valence-corrected chi connectivity index (χ4v) is 4.03. The molecule has 0 unspecified atom stereocenters. The van der Waals surface area contributed by atoms with Crippen LogP contribution in [-0.4, -0.2) is 53.9 Å². The maximum absolute atomic E-state index is 13.5. The van der Waals surface area contributed by atoms with Gasteiger partial charge >= 0.3 is 0 Å². The van der Waals surface area contributed by atoms with E-state index in [4.69, 9.17) is 4.74 Å². The Balaban J connectivity index is 1.93. The molecule has 0 saturated carbocycles. The minimum absolute atomic E-state index is 0.00681. The van der Waals surface area contributed by atoms with E-state index in [1.807, 2.05) is 72.2 Å². The molecular weight excluding hydrogens is 388 g/mol. The van der Waals surface area contributed by atoms with Crippen molar-refractivity contribution in [2.75, 3.05) is 26.2 Å². The molecule has 0 aromatic heterocycles. The molecule has 5 heteroatoms. The van der Waals surface area contributed by atoms with Gasteiger partial charge in [-0.05, 0) is 56.9 Å². The number of amides is 2. The number of carbonyl (C=O) groups excluding carboxylic acids is 2. The van der Waals surface area contributed by atoms with E-state index in [0.717, 1.165) is 18.4 Å². The number of aryl methyl sites for hydroxylation is 1. The van der Waals surface area contributed by atoms with Crippen LogP contribution in [0.25, 0.3) is 0 Å². The highest BCUT2D eigenvalue weighted by atomic mass is 16.5. The first kappa shape index (κ1) is 22.9. The number of fused-ring (bicyclic) bond motifs is 1. The van der Waals surface area contributed by atoms with E-state index in [1.165, 1.54) is 0 Å². The third-order valence-corrected chi connectivity index (χ3v) is 6.00. The van der Waals surface area contributed by atoms with Crippen molar-refractivity contribution in [3.8, 4) is 5.75 Å². The van der Waals surface area contributed by atoms with Gasteiger partial charge in [0, 0.05) is 25.2 Å². The second-order valence-electron chi connectivity index (χ2n) is 8.58. The van der Waals surface area contributed by atoms with Gasteiger partial charge in [0.1, 0.15) is 12.4 Å². The van der Waals surface area contributed by atoms with Crippen LogP contribution in [0.4, 0.5) is 0 Å². The van der Waals surface area contributed by atoms with Crippen LogP contribution in [0.1, 0.15) is 59.9 Å². The fraction of sp³-hybridized carbons (Fsp3) is 0.462. The Morgan fingerprint density at radius 1 is 1.06 bits per heavy atom. The second kappa shape index (κ2) is 10.5. The normalized spacial score (nSPS) is 18.1. The van der Waals surface area contributed by atoms with Gasteiger partial charge in [0.15, 0.2) is 0 Å². The molecule has 5 nitrogen and oxygen atoms in total. The van der Waals surface area contributed by atoms with Crippen molar-refractivity contribution >= 4 is 11.8 Å². The van der Waals surface area contributed by atoms with E-state index < -0.39 is 0 Å². The Kier molecular flexibility index (Phi) is 7.72. The predicted molar refractivity (Wildman–Crippen MR) is 124 cm³/mol. The fourth-order valence-electron chi connectivity index (χ4n) is 4.03. The molecule has 0 radical (unpaired) electrons. The van der Waals surface area contributed by atoms with Crippen molar-refractivity contribution in [3.63, 3.8) is 0 Å². The standard InChI is InChI=1S/C26H34N2O3/c1-5-27-16-8-9-17-28(25(29)21-14-12-20(4)13-15-21)23(19(2)3)18-31-24-11-7-6-10-22(24)26(27)30/h6-7,10-15,19,23H,5,8-9,16-18H2,1-4H3/t23-/m1/s1. The molecule has 0 fully saturated rings. The second-order valence-corrected chi connectivity index (χ2v) is 8.58. The SMILES string of the molecule is CCN1CCCCN(C(=O)c2ccc(C)cc2)[C@@H](C(C)C)COc2ccccc2C1=O. The molecule has 2 aromatic carbocycles. The van der Waals surface area contributed by atoms with Crippen LogP contribution in [0.5, 0.6) is 5.75 Å². The average molecular weight is 423 g/mol. The summed E-state index contributed by atoms with van der Waals surface area (Å²) in [5, 5.41) is 0. The number of rotatable bonds is 3. The molecule has 3 rings (SSSR count). The van der Waals surface area contributed by atoms with Crippen molar-refractivity contribution in [2.45, 2.75) is 46.6 Å². The summed E-state index contributed by atoms with van der Waals surface area (Å²) < 4.78 is 6.19. The van der Waals surface area contributed by atoms with E-state index in [0.29, 0.717) is 43.1 Å². The molecule has 0 spiro atoms. The van der Waals surface area contributed by atoms with Crippen LogP contribution in [0.3, 0.4) is 0 Å². The summed E-state index contributed by atoms with van der Waals surface area (Å²) in [5.74, 6) is 0.843. The lowest BCUT2D eigenvalue weighted by molar-refractivity contribution is 0.0512. The molecule has 2 aromatic rings. The van der Waals surface area contributed by atoms with Gasteiger partial charge in [0.05, 0.1) is 11.6 Å². The zero-order chi connectivity index (χ0) is 22.4. The van der Waals surface area contributed by atoms with Gasteiger partial charge in [-0.25, -0.2) is 0 Å². The molecule has 0 saturated heterocycles. The third-order valence-electron chi connectivity index (χ3n) is 6.00. The number of carbonyl (C=O) groups is 2. The minimum atomic E-state index is -0.0846. The van der Waals surface area contributed by atoms with Crippen molar-refractivity contribution in [1.82, 2.24) is 9.80 Å². The van der Waals surface area contributed by atoms with E-state index in [9.17, 15) is 9.59 Å². The molecular formula is C26H34N2O3. The largest absolute Gasteiger partial charge is 0.491 e. The topological polar surface area (TPSA) is 49.9 Å². The Morgan fingerprint density at radius 2 is 1.74 bits per heavy atom. The molecule has 0 aliphatic carbocycles. The Bertz CT molecular complexity index is 892. The van der Waals surface area contributed by atoms with Crippen molar-refractivity contribution in [3.05, 3.63) is 65.2 Å². The highest BCUT2D eigenvalue weighted by Crippen LogP contribution is 2.24. The molecule has 166 valence electrons. The smallest absolute Gasteiger partial charge is 0.257 e. The van der Waals surface area contributed by atoms with Gasteiger partial charge in [0.25, 0.3) is 11.8 Å². The molecule has 1 aliphatic heterocycles. The van der Waals surface area contributed by atoms with Gasteiger partial charge in [-0.1, -0.05) is 43.7 Å². The van der Waals surface area contributed by atoms with E-state index in [2.05, 4.69) is 13.8 Å². The number of hydrogen-bond acceptors (Lipinski definition) is 3. The lowest BCUT2D eigenvalue weighted by Crippen LogP contribution is -2.47. The quantitative estimate of drug-likeness (QED) is 0.714. The van der Waals surface area contributed by atoms with Crippen molar-refractivity contribution in [2.24, 2.45) is 5.92 Å². The summed E-state index contributed by atoms with van der Waals surface area (Å²) in [6.07, 6.45) is 1.69.